The van der Waals surface area contributed by atoms with E-state index in [0.29, 0.717) is 18.3 Å². The van der Waals surface area contributed by atoms with Crippen molar-refractivity contribution in [1.29, 1.82) is 0 Å². The Balaban J connectivity index is 1.46. The van der Waals surface area contributed by atoms with Gasteiger partial charge < -0.3 is 5.32 Å². The maximum atomic E-state index is 12.1. The second kappa shape index (κ2) is 7.35. The number of amides is 1. The first-order valence-corrected chi connectivity index (χ1v) is 8.36. The molecule has 0 aliphatic heterocycles. The van der Waals surface area contributed by atoms with Crippen LogP contribution in [0.1, 0.15) is 44.6 Å². The van der Waals surface area contributed by atoms with Gasteiger partial charge in [0.2, 0.25) is 11.7 Å². The number of aromatic nitrogens is 4. The highest BCUT2D eigenvalue weighted by Gasteiger charge is 2.25. The van der Waals surface area contributed by atoms with E-state index in [1.807, 2.05) is 24.3 Å². The minimum absolute atomic E-state index is 0.153. The van der Waals surface area contributed by atoms with Crippen molar-refractivity contribution in [3.63, 3.8) is 0 Å². The fourth-order valence-electron chi connectivity index (χ4n) is 2.75. The summed E-state index contributed by atoms with van der Waals surface area (Å²) in [5.74, 6) is 1.58. The molecule has 0 spiro atoms. The summed E-state index contributed by atoms with van der Waals surface area (Å²) < 4.78 is 0. The zero-order valence-corrected chi connectivity index (χ0v) is 13.5. The van der Waals surface area contributed by atoms with Crippen molar-refractivity contribution in [2.24, 2.45) is 5.92 Å². The van der Waals surface area contributed by atoms with E-state index in [1.54, 1.807) is 0 Å². The molecule has 1 heterocycles. The van der Waals surface area contributed by atoms with Gasteiger partial charge in [-0.3, -0.25) is 4.79 Å². The molecule has 1 aliphatic carbocycles. The molecule has 1 aromatic heterocycles. The summed E-state index contributed by atoms with van der Waals surface area (Å²) in [7, 11) is 0. The van der Waals surface area contributed by atoms with E-state index in [2.05, 4.69) is 32.9 Å². The summed E-state index contributed by atoms with van der Waals surface area (Å²) >= 11 is 0. The lowest BCUT2D eigenvalue weighted by atomic mass is 10.1. The van der Waals surface area contributed by atoms with E-state index in [1.165, 1.54) is 12.8 Å². The molecule has 1 saturated carbocycles. The van der Waals surface area contributed by atoms with Crippen molar-refractivity contribution < 1.29 is 4.79 Å². The molecule has 1 unspecified atom stereocenters. The van der Waals surface area contributed by atoms with Gasteiger partial charge in [0.15, 0.2) is 0 Å². The molecule has 6 nitrogen and oxygen atoms in total. The molecule has 23 heavy (non-hydrogen) atoms. The van der Waals surface area contributed by atoms with Gasteiger partial charge in [-0.15, -0.1) is 10.2 Å². The zero-order valence-electron chi connectivity index (χ0n) is 13.5. The van der Waals surface area contributed by atoms with Crippen LogP contribution in [0.4, 0.5) is 0 Å². The van der Waals surface area contributed by atoms with E-state index in [-0.39, 0.29) is 5.91 Å². The van der Waals surface area contributed by atoms with Crippen LogP contribution in [0.5, 0.6) is 0 Å². The van der Waals surface area contributed by atoms with Gasteiger partial charge in [0.05, 0.1) is 0 Å². The summed E-state index contributed by atoms with van der Waals surface area (Å²) in [6.45, 7) is 2.14. The number of rotatable bonds is 8. The van der Waals surface area contributed by atoms with Gasteiger partial charge in [0.1, 0.15) is 0 Å². The van der Waals surface area contributed by atoms with Gasteiger partial charge in [-0.05, 0) is 36.0 Å². The van der Waals surface area contributed by atoms with Crippen LogP contribution in [0.15, 0.2) is 24.3 Å². The second-order valence-corrected chi connectivity index (χ2v) is 6.28. The van der Waals surface area contributed by atoms with Crippen LogP contribution in [0.2, 0.25) is 0 Å². The Morgan fingerprint density at radius 3 is 2.74 bits per heavy atom. The number of aromatic amines is 1. The fourth-order valence-corrected chi connectivity index (χ4v) is 2.75. The fraction of sp³-hybridized carbons (Fsp3) is 0.529. The lowest BCUT2D eigenvalue weighted by Gasteiger charge is -2.16. The predicted molar refractivity (Wildman–Crippen MR) is 87.5 cm³/mol. The molecule has 1 amide bonds. The lowest BCUT2D eigenvalue weighted by Crippen LogP contribution is -2.34. The third kappa shape index (κ3) is 4.61. The van der Waals surface area contributed by atoms with Gasteiger partial charge in [0.25, 0.3) is 0 Å². The van der Waals surface area contributed by atoms with E-state index < -0.39 is 0 Å². The highest BCUT2D eigenvalue weighted by atomic mass is 16.1. The predicted octanol–water partition coefficient (Wildman–Crippen LogP) is 2.49. The van der Waals surface area contributed by atoms with Gasteiger partial charge in [0, 0.05) is 18.0 Å². The third-order valence-electron chi connectivity index (χ3n) is 4.37. The Bertz CT molecular complexity index is 619. The summed E-state index contributed by atoms with van der Waals surface area (Å²) in [5, 5.41) is 17.1. The van der Waals surface area contributed by atoms with E-state index in [0.717, 1.165) is 36.3 Å². The normalized spacial score (nSPS) is 15.3. The number of nitrogens with zero attached hydrogens (tertiary/aromatic N) is 3. The first-order chi connectivity index (χ1) is 11.2. The maximum Gasteiger partial charge on any atom is 0.220 e. The number of tetrazole rings is 1. The van der Waals surface area contributed by atoms with Crippen LogP contribution in [0, 0.1) is 5.92 Å². The molecule has 1 atom stereocenters. The molecule has 0 radical (unpaired) electrons. The van der Waals surface area contributed by atoms with E-state index >= 15 is 0 Å². The Kier molecular flexibility index (Phi) is 5.00. The smallest absolute Gasteiger partial charge is 0.220 e. The molecule has 2 N–H and O–H groups in total. The molecule has 0 bridgehead atoms. The topological polar surface area (TPSA) is 83.6 Å². The van der Waals surface area contributed by atoms with Gasteiger partial charge in [-0.1, -0.05) is 44.0 Å². The first-order valence-electron chi connectivity index (χ1n) is 8.36. The number of hydrogen-bond donors (Lipinski definition) is 2. The average Bonchev–Trinajstić information content (AvgIpc) is 3.22. The van der Waals surface area contributed by atoms with Gasteiger partial charge in [-0.2, -0.15) is 5.21 Å². The number of aryl methyl sites for hydroxylation is 1. The highest BCUT2D eigenvalue weighted by molar-refractivity contribution is 5.76. The van der Waals surface area contributed by atoms with Crippen LogP contribution in [-0.4, -0.2) is 32.6 Å². The molecule has 1 aliphatic rings. The number of carbonyl (C=O) groups is 1. The minimum atomic E-state index is 0.153. The Morgan fingerprint density at radius 2 is 2.13 bits per heavy atom. The molecule has 1 fully saturated rings. The van der Waals surface area contributed by atoms with Crippen LogP contribution >= 0.6 is 0 Å². The number of nitrogens with one attached hydrogen (secondary N) is 2. The van der Waals surface area contributed by atoms with Crippen molar-refractivity contribution in [3.05, 3.63) is 29.8 Å². The van der Waals surface area contributed by atoms with Crippen molar-refractivity contribution >= 4 is 5.91 Å². The van der Waals surface area contributed by atoms with E-state index in [9.17, 15) is 4.79 Å². The number of benzene rings is 1. The molecular formula is C17H23N5O. The summed E-state index contributed by atoms with van der Waals surface area (Å²) in [6, 6.07) is 8.29. The Morgan fingerprint density at radius 1 is 1.35 bits per heavy atom. The van der Waals surface area contributed by atoms with Crippen LogP contribution in [0.25, 0.3) is 11.4 Å². The molecular weight excluding hydrogens is 290 g/mol. The molecule has 122 valence electrons. The molecule has 3 rings (SSSR count). The Labute approximate surface area is 136 Å². The monoisotopic (exact) mass is 313 g/mol. The molecule has 6 heteroatoms. The SMILES string of the molecule is CCC(CC1CC1)NC(=O)CCc1ccc(-c2nn[nH]n2)cc1. The summed E-state index contributed by atoms with van der Waals surface area (Å²) in [4.78, 5) is 12.1. The van der Waals surface area contributed by atoms with Crippen LogP contribution < -0.4 is 5.32 Å². The number of hydrogen-bond acceptors (Lipinski definition) is 4. The van der Waals surface area contributed by atoms with Crippen LogP contribution in [0.3, 0.4) is 0 Å². The highest BCUT2D eigenvalue weighted by Crippen LogP contribution is 2.34. The second-order valence-electron chi connectivity index (χ2n) is 6.28. The largest absolute Gasteiger partial charge is 0.353 e. The van der Waals surface area contributed by atoms with Gasteiger partial charge in [-0.25, -0.2) is 0 Å². The Hall–Kier alpha value is -2.24. The van der Waals surface area contributed by atoms with Crippen LogP contribution in [-0.2, 0) is 11.2 Å². The molecule has 0 saturated heterocycles. The standard InChI is InChI=1S/C17H23N5O/c1-2-15(11-13-3-4-13)18-16(23)10-7-12-5-8-14(9-6-12)17-19-21-22-20-17/h5-6,8-9,13,15H,2-4,7,10-11H2,1H3,(H,18,23)(H,19,20,21,22). The van der Waals surface area contributed by atoms with Crippen molar-refractivity contribution in [3.8, 4) is 11.4 Å². The van der Waals surface area contributed by atoms with Crippen molar-refractivity contribution in [1.82, 2.24) is 25.9 Å². The maximum absolute atomic E-state index is 12.1. The number of carbonyl (C=O) groups excluding carboxylic acids is 1. The van der Waals surface area contributed by atoms with Crippen molar-refractivity contribution in [2.75, 3.05) is 0 Å². The zero-order chi connectivity index (χ0) is 16.1. The lowest BCUT2D eigenvalue weighted by molar-refractivity contribution is -0.121. The number of H-pyrrole nitrogens is 1. The quantitative estimate of drug-likeness (QED) is 0.784. The first kappa shape index (κ1) is 15.6. The molecule has 1 aromatic carbocycles. The summed E-state index contributed by atoms with van der Waals surface area (Å²) in [6.07, 6.45) is 6.10. The summed E-state index contributed by atoms with van der Waals surface area (Å²) in [5.41, 5.74) is 2.06. The van der Waals surface area contributed by atoms with E-state index in [4.69, 9.17) is 0 Å². The molecule has 2 aromatic rings. The minimum Gasteiger partial charge on any atom is -0.353 e. The van der Waals surface area contributed by atoms with Crippen molar-refractivity contribution in [2.45, 2.75) is 51.5 Å². The van der Waals surface area contributed by atoms with Gasteiger partial charge >= 0.3 is 0 Å². The third-order valence-corrected chi connectivity index (χ3v) is 4.37. The average molecular weight is 313 g/mol.